The first-order chi connectivity index (χ1) is 11.1. The van der Waals surface area contributed by atoms with Crippen molar-refractivity contribution in [2.75, 3.05) is 14.2 Å². The third-order valence-electron chi connectivity index (χ3n) is 3.42. The molecule has 0 spiro atoms. The van der Waals surface area contributed by atoms with Gasteiger partial charge in [0, 0.05) is 5.56 Å². The van der Waals surface area contributed by atoms with E-state index in [1.165, 1.54) is 0 Å². The SMILES string of the molecule is COc1cccc(-c2noc(CN(C)Cc3ccc(C)o3)n2)c1. The Balaban J connectivity index is 1.66. The van der Waals surface area contributed by atoms with Gasteiger partial charge in [-0.1, -0.05) is 17.3 Å². The number of furan rings is 1. The minimum Gasteiger partial charge on any atom is -0.497 e. The summed E-state index contributed by atoms with van der Waals surface area (Å²) in [4.78, 5) is 6.49. The van der Waals surface area contributed by atoms with Gasteiger partial charge < -0.3 is 13.7 Å². The van der Waals surface area contributed by atoms with Gasteiger partial charge >= 0.3 is 0 Å². The third-order valence-corrected chi connectivity index (χ3v) is 3.42. The molecule has 0 radical (unpaired) electrons. The van der Waals surface area contributed by atoms with Crippen LogP contribution in [0.3, 0.4) is 0 Å². The number of ether oxygens (including phenoxy) is 1. The van der Waals surface area contributed by atoms with E-state index in [1.807, 2.05) is 50.4 Å². The average molecular weight is 313 g/mol. The minimum absolute atomic E-state index is 0.552. The number of hydrogen-bond acceptors (Lipinski definition) is 6. The van der Waals surface area contributed by atoms with Gasteiger partial charge in [-0.15, -0.1) is 0 Å². The number of hydrogen-bond donors (Lipinski definition) is 0. The highest BCUT2D eigenvalue weighted by Crippen LogP contribution is 2.21. The normalized spacial score (nSPS) is 11.1. The highest BCUT2D eigenvalue weighted by molar-refractivity contribution is 5.56. The van der Waals surface area contributed by atoms with Crippen molar-refractivity contribution in [1.29, 1.82) is 0 Å². The van der Waals surface area contributed by atoms with Crippen LogP contribution in [0.2, 0.25) is 0 Å². The molecule has 6 nitrogen and oxygen atoms in total. The molecule has 0 amide bonds. The Labute approximate surface area is 134 Å². The monoisotopic (exact) mass is 313 g/mol. The number of nitrogens with zero attached hydrogens (tertiary/aromatic N) is 3. The fourth-order valence-electron chi connectivity index (χ4n) is 2.32. The summed E-state index contributed by atoms with van der Waals surface area (Å²) in [6.07, 6.45) is 0. The first-order valence-corrected chi connectivity index (χ1v) is 7.35. The zero-order valence-electron chi connectivity index (χ0n) is 13.4. The van der Waals surface area contributed by atoms with Gasteiger partial charge in [-0.3, -0.25) is 4.90 Å². The number of aryl methyl sites for hydroxylation is 1. The van der Waals surface area contributed by atoms with Gasteiger partial charge in [0.05, 0.1) is 20.2 Å². The molecule has 0 atom stereocenters. The van der Waals surface area contributed by atoms with Crippen molar-refractivity contribution < 1.29 is 13.7 Å². The van der Waals surface area contributed by atoms with Crippen molar-refractivity contribution in [3.8, 4) is 17.1 Å². The van der Waals surface area contributed by atoms with Gasteiger partial charge in [-0.2, -0.15) is 4.98 Å². The second-order valence-corrected chi connectivity index (χ2v) is 5.43. The first kappa shape index (κ1) is 15.3. The van der Waals surface area contributed by atoms with Crippen LogP contribution >= 0.6 is 0 Å². The maximum Gasteiger partial charge on any atom is 0.241 e. The second kappa shape index (κ2) is 6.66. The van der Waals surface area contributed by atoms with E-state index in [1.54, 1.807) is 7.11 Å². The zero-order chi connectivity index (χ0) is 16.2. The van der Waals surface area contributed by atoms with Crippen LogP contribution in [-0.2, 0) is 13.1 Å². The van der Waals surface area contributed by atoms with E-state index in [0.717, 1.165) is 22.8 Å². The Kier molecular flexibility index (Phi) is 4.43. The second-order valence-electron chi connectivity index (χ2n) is 5.43. The van der Waals surface area contributed by atoms with Gasteiger partial charge in [0.1, 0.15) is 17.3 Å². The Hall–Kier alpha value is -2.60. The minimum atomic E-state index is 0.552. The van der Waals surface area contributed by atoms with Crippen molar-refractivity contribution >= 4 is 0 Å². The van der Waals surface area contributed by atoms with E-state index < -0.39 is 0 Å². The molecule has 0 N–H and O–H groups in total. The summed E-state index contributed by atoms with van der Waals surface area (Å²) in [5, 5.41) is 4.03. The lowest BCUT2D eigenvalue weighted by atomic mass is 10.2. The van der Waals surface area contributed by atoms with Crippen LogP contribution in [0.15, 0.2) is 45.3 Å². The smallest absolute Gasteiger partial charge is 0.241 e. The molecule has 2 heterocycles. The Morgan fingerprint density at radius 2 is 2.04 bits per heavy atom. The topological polar surface area (TPSA) is 64.5 Å². The molecule has 120 valence electrons. The summed E-state index contributed by atoms with van der Waals surface area (Å²) in [5.41, 5.74) is 0.865. The highest BCUT2D eigenvalue weighted by Gasteiger charge is 2.12. The predicted octanol–water partition coefficient (Wildman–Crippen LogP) is 3.28. The van der Waals surface area contributed by atoms with E-state index >= 15 is 0 Å². The molecular formula is C17H19N3O3. The number of rotatable bonds is 6. The maximum atomic E-state index is 5.57. The van der Waals surface area contributed by atoms with Gasteiger partial charge in [-0.25, -0.2) is 0 Å². The number of methoxy groups -OCH3 is 1. The predicted molar refractivity (Wildman–Crippen MR) is 84.9 cm³/mol. The molecule has 3 aromatic rings. The summed E-state index contributed by atoms with van der Waals surface area (Å²) in [6.45, 7) is 3.17. The molecule has 0 aliphatic heterocycles. The van der Waals surface area contributed by atoms with Gasteiger partial charge in [0.25, 0.3) is 0 Å². The molecule has 23 heavy (non-hydrogen) atoms. The van der Waals surface area contributed by atoms with Crippen molar-refractivity contribution in [2.45, 2.75) is 20.0 Å². The average Bonchev–Trinajstić information content (AvgIpc) is 3.16. The summed E-state index contributed by atoms with van der Waals surface area (Å²) in [5.74, 6) is 3.71. The first-order valence-electron chi connectivity index (χ1n) is 7.35. The zero-order valence-corrected chi connectivity index (χ0v) is 13.4. The van der Waals surface area contributed by atoms with Crippen LogP contribution in [0.25, 0.3) is 11.4 Å². The van der Waals surface area contributed by atoms with E-state index in [-0.39, 0.29) is 0 Å². The molecule has 6 heteroatoms. The fraction of sp³-hybridized carbons (Fsp3) is 0.294. The summed E-state index contributed by atoms with van der Waals surface area (Å²) < 4.78 is 16.1. The summed E-state index contributed by atoms with van der Waals surface area (Å²) in [7, 11) is 3.61. The lowest BCUT2D eigenvalue weighted by Gasteiger charge is -2.11. The maximum absolute atomic E-state index is 5.57. The molecule has 0 fully saturated rings. The standard InChI is InChI=1S/C17H19N3O3/c1-12-7-8-15(22-12)10-20(2)11-16-18-17(19-23-16)13-5-4-6-14(9-13)21-3/h4-9H,10-11H2,1-3H3. The summed E-state index contributed by atoms with van der Waals surface area (Å²) >= 11 is 0. The molecule has 0 saturated carbocycles. The third kappa shape index (κ3) is 3.78. The van der Waals surface area contributed by atoms with Crippen LogP contribution in [0.4, 0.5) is 0 Å². The summed E-state index contributed by atoms with van der Waals surface area (Å²) in [6, 6.07) is 11.5. The number of benzene rings is 1. The van der Waals surface area contributed by atoms with E-state index in [4.69, 9.17) is 13.7 Å². The fourth-order valence-corrected chi connectivity index (χ4v) is 2.32. The van der Waals surface area contributed by atoms with Crippen molar-refractivity contribution in [3.05, 3.63) is 53.8 Å². The van der Waals surface area contributed by atoms with Crippen LogP contribution in [0, 0.1) is 6.92 Å². The van der Waals surface area contributed by atoms with Gasteiger partial charge in [-0.05, 0) is 38.2 Å². The Morgan fingerprint density at radius 3 is 2.78 bits per heavy atom. The quantitative estimate of drug-likeness (QED) is 0.696. The molecule has 0 aliphatic carbocycles. The van der Waals surface area contributed by atoms with E-state index in [0.29, 0.717) is 24.8 Å². The van der Waals surface area contributed by atoms with E-state index in [2.05, 4.69) is 15.0 Å². The van der Waals surface area contributed by atoms with Crippen LogP contribution in [0.5, 0.6) is 5.75 Å². The molecule has 0 saturated heterocycles. The molecule has 3 rings (SSSR count). The van der Waals surface area contributed by atoms with Crippen LogP contribution in [-0.4, -0.2) is 29.2 Å². The van der Waals surface area contributed by atoms with Crippen LogP contribution < -0.4 is 4.74 Å². The van der Waals surface area contributed by atoms with Crippen molar-refractivity contribution in [3.63, 3.8) is 0 Å². The van der Waals surface area contributed by atoms with Gasteiger partial charge in [0.2, 0.25) is 11.7 Å². The van der Waals surface area contributed by atoms with Crippen LogP contribution in [0.1, 0.15) is 17.4 Å². The Morgan fingerprint density at radius 1 is 1.17 bits per heavy atom. The molecule has 0 unspecified atom stereocenters. The van der Waals surface area contributed by atoms with Crippen molar-refractivity contribution in [1.82, 2.24) is 15.0 Å². The van der Waals surface area contributed by atoms with Gasteiger partial charge in [0.15, 0.2) is 0 Å². The molecular weight excluding hydrogens is 294 g/mol. The molecule has 0 aliphatic rings. The molecule has 2 aromatic heterocycles. The Bertz CT molecular complexity index is 779. The molecule has 1 aromatic carbocycles. The van der Waals surface area contributed by atoms with E-state index in [9.17, 15) is 0 Å². The molecule has 0 bridgehead atoms. The van der Waals surface area contributed by atoms with Crippen molar-refractivity contribution in [2.24, 2.45) is 0 Å². The lowest BCUT2D eigenvalue weighted by molar-refractivity contribution is 0.243. The highest BCUT2D eigenvalue weighted by atomic mass is 16.5. The lowest BCUT2D eigenvalue weighted by Crippen LogP contribution is -2.17. The largest absolute Gasteiger partial charge is 0.497 e. The number of aromatic nitrogens is 2.